The number of halogens is 2. The third-order valence-corrected chi connectivity index (χ3v) is 3.29. The van der Waals surface area contributed by atoms with E-state index in [1.807, 2.05) is 11.8 Å². The Kier molecular flexibility index (Phi) is 3.61. The van der Waals surface area contributed by atoms with Gasteiger partial charge in [-0.1, -0.05) is 6.92 Å². The summed E-state index contributed by atoms with van der Waals surface area (Å²) in [6.07, 6.45) is 0. The molecule has 0 spiro atoms. The van der Waals surface area contributed by atoms with Crippen molar-refractivity contribution in [1.29, 1.82) is 0 Å². The van der Waals surface area contributed by atoms with Crippen molar-refractivity contribution in [2.75, 3.05) is 19.6 Å². The van der Waals surface area contributed by atoms with Crippen LogP contribution >= 0.6 is 0 Å². The maximum absolute atomic E-state index is 13.1. The molecule has 1 atom stereocenters. The van der Waals surface area contributed by atoms with Gasteiger partial charge >= 0.3 is 5.97 Å². The Bertz CT molecular complexity index is 438. The first-order valence-electron chi connectivity index (χ1n) is 5.87. The lowest BCUT2D eigenvalue weighted by Crippen LogP contribution is -2.51. The van der Waals surface area contributed by atoms with Gasteiger partial charge in [0.15, 0.2) is 0 Å². The molecular weight excluding hydrogens is 240 g/mol. The van der Waals surface area contributed by atoms with Gasteiger partial charge in [-0.2, -0.15) is 0 Å². The molecule has 0 amide bonds. The Labute approximate surface area is 104 Å². The Morgan fingerprint density at radius 1 is 1.39 bits per heavy atom. The molecule has 1 aliphatic heterocycles. The SMILES string of the molecule is CC(CN1CC(C(=O)O)C1)c1cc(F)cc(F)c1. The summed E-state index contributed by atoms with van der Waals surface area (Å²) in [5, 5.41) is 8.75. The normalized spacial score (nSPS) is 18.4. The molecular formula is C13H15F2NO2. The van der Waals surface area contributed by atoms with Crippen molar-refractivity contribution >= 4 is 5.97 Å². The minimum Gasteiger partial charge on any atom is -0.481 e. The first-order chi connectivity index (χ1) is 8.45. The second-order valence-corrected chi connectivity index (χ2v) is 4.86. The number of carboxylic acids is 1. The van der Waals surface area contributed by atoms with Gasteiger partial charge in [0.1, 0.15) is 11.6 Å². The van der Waals surface area contributed by atoms with E-state index < -0.39 is 17.6 Å². The van der Waals surface area contributed by atoms with E-state index in [0.29, 0.717) is 25.2 Å². The largest absolute Gasteiger partial charge is 0.481 e. The van der Waals surface area contributed by atoms with Crippen molar-refractivity contribution in [1.82, 2.24) is 4.90 Å². The molecule has 0 aliphatic carbocycles. The minimum absolute atomic E-state index is 0.0232. The van der Waals surface area contributed by atoms with Crippen LogP contribution in [0.25, 0.3) is 0 Å². The topological polar surface area (TPSA) is 40.5 Å². The van der Waals surface area contributed by atoms with Crippen LogP contribution in [0, 0.1) is 17.6 Å². The van der Waals surface area contributed by atoms with Gasteiger partial charge in [0, 0.05) is 25.7 Å². The number of carbonyl (C=O) groups is 1. The summed E-state index contributed by atoms with van der Waals surface area (Å²) in [5.74, 6) is -2.27. The quantitative estimate of drug-likeness (QED) is 0.895. The van der Waals surface area contributed by atoms with E-state index in [0.717, 1.165) is 6.07 Å². The molecule has 3 nitrogen and oxygen atoms in total. The molecule has 0 bridgehead atoms. The van der Waals surface area contributed by atoms with Crippen LogP contribution in [0.4, 0.5) is 8.78 Å². The predicted molar refractivity (Wildman–Crippen MR) is 62.3 cm³/mol. The monoisotopic (exact) mass is 255 g/mol. The highest BCUT2D eigenvalue weighted by molar-refractivity contribution is 5.71. The van der Waals surface area contributed by atoms with Gasteiger partial charge in [-0.25, -0.2) is 8.78 Å². The van der Waals surface area contributed by atoms with E-state index in [2.05, 4.69) is 0 Å². The zero-order chi connectivity index (χ0) is 13.3. The standard InChI is InChI=1S/C13H15F2NO2/c1-8(5-16-6-10(7-16)13(17)18)9-2-11(14)4-12(15)3-9/h2-4,8,10H,5-7H2,1H3,(H,17,18). The number of hydrogen-bond donors (Lipinski definition) is 1. The molecule has 1 fully saturated rings. The number of carboxylic acid groups (broad SMARTS) is 1. The molecule has 1 unspecified atom stereocenters. The maximum atomic E-state index is 13.1. The van der Waals surface area contributed by atoms with Crippen molar-refractivity contribution in [3.63, 3.8) is 0 Å². The zero-order valence-electron chi connectivity index (χ0n) is 10.1. The Morgan fingerprint density at radius 2 is 1.94 bits per heavy atom. The number of hydrogen-bond acceptors (Lipinski definition) is 2. The highest BCUT2D eigenvalue weighted by Gasteiger charge is 2.33. The van der Waals surface area contributed by atoms with Crippen LogP contribution in [0.3, 0.4) is 0 Å². The molecule has 1 N–H and O–H groups in total. The third kappa shape index (κ3) is 2.85. The number of nitrogens with zero attached hydrogens (tertiary/aromatic N) is 1. The fraction of sp³-hybridized carbons (Fsp3) is 0.462. The third-order valence-electron chi connectivity index (χ3n) is 3.29. The smallest absolute Gasteiger partial charge is 0.309 e. The van der Waals surface area contributed by atoms with Crippen LogP contribution in [0.5, 0.6) is 0 Å². The van der Waals surface area contributed by atoms with Crippen molar-refractivity contribution in [3.8, 4) is 0 Å². The molecule has 1 heterocycles. The molecule has 1 saturated heterocycles. The second kappa shape index (κ2) is 5.02. The fourth-order valence-corrected chi connectivity index (χ4v) is 2.23. The van der Waals surface area contributed by atoms with E-state index in [4.69, 9.17) is 5.11 Å². The summed E-state index contributed by atoms with van der Waals surface area (Å²) in [4.78, 5) is 12.6. The zero-order valence-corrected chi connectivity index (χ0v) is 10.1. The van der Waals surface area contributed by atoms with Gasteiger partial charge in [0.25, 0.3) is 0 Å². The van der Waals surface area contributed by atoms with Crippen LogP contribution in [-0.2, 0) is 4.79 Å². The lowest BCUT2D eigenvalue weighted by Gasteiger charge is -2.38. The van der Waals surface area contributed by atoms with Crippen molar-refractivity contribution in [3.05, 3.63) is 35.4 Å². The molecule has 1 aliphatic rings. The average molecular weight is 255 g/mol. The highest BCUT2D eigenvalue weighted by Crippen LogP contribution is 2.23. The minimum atomic E-state index is -0.782. The van der Waals surface area contributed by atoms with Crippen LogP contribution in [-0.4, -0.2) is 35.6 Å². The van der Waals surface area contributed by atoms with Gasteiger partial charge < -0.3 is 10.0 Å². The first-order valence-corrected chi connectivity index (χ1v) is 5.87. The molecule has 1 aromatic carbocycles. The molecule has 18 heavy (non-hydrogen) atoms. The summed E-state index contributed by atoms with van der Waals surface area (Å²) in [6.45, 7) is 3.52. The lowest BCUT2D eigenvalue weighted by atomic mass is 9.95. The average Bonchev–Trinajstić information content (AvgIpc) is 2.20. The van der Waals surface area contributed by atoms with Gasteiger partial charge in [-0.05, 0) is 23.6 Å². The summed E-state index contributed by atoms with van der Waals surface area (Å²) in [7, 11) is 0. The van der Waals surface area contributed by atoms with Gasteiger partial charge in [0.05, 0.1) is 5.92 Å². The second-order valence-electron chi connectivity index (χ2n) is 4.86. The first kappa shape index (κ1) is 13.0. The van der Waals surface area contributed by atoms with Crippen LogP contribution in [0.1, 0.15) is 18.4 Å². The molecule has 0 radical (unpaired) electrons. The summed E-state index contributed by atoms with van der Waals surface area (Å²) in [5.41, 5.74) is 0.603. The molecule has 0 aromatic heterocycles. The lowest BCUT2D eigenvalue weighted by molar-refractivity contribution is -0.147. The molecule has 1 aromatic rings. The fourth-order valence-electron chi connectivity index (χ4n) is 2.23. The summed E-state index contributed by atoms with van der Waals surface area (Å²) < 4.78 is 26.1. The summed E-state index contributed by atoms with van der Waals surface area (Å²) in [6, 6.07) is 3.49. The Morgan fingerprint density at radius 3 is 2.44 bits per heavy atom. The maximum Gasteiger partial charge on any atom is 0.309 e. The van der Waals surface area contributed by atoms with Crippen LogP contribution in [0.15, 0.2) is 18.2 Å². The van der Waals surface area contributed by atoms with E-state index in [9.17, 15) is 13.6 Å². The van der Waals surface area contributed by atoms with E-state index in [1.54, 1.807) is 0 Å². The van der Waals surface area contributed by atoms with E-state index in [-0.39, 0.29) is 11.8 Å². The Balaban J connectivity index is 1.92. The van der Waals surface area contributed by atoms with Crippen LogP contribution in [0.2, 0.25) is 0 Å². The predicted octanol–water partition coefficient (Wildman–Crippen LogP) is 2.08. The number of rotatable bonds is 4. The molecule has 2 rings (SSSR count). The molecule has 5 heteroatoms. The van der Waals surface area contributed by atoms with Crippen molar-refractivity contribution < 1.29 is 18.7 Å². The summed E-state index contributed by atoms with van der Waals surface area (Å²) >= 11 is 0. The van der Waals surface area contributed by atoms with Crippen LogP contribution < -0.4 is 0 Å². The van der Waals surface area contributed by atoms with E-state index >= 15 is 0 Å². The molecule has 0 saturated carbocycles. The van der Waals surface area contributed by atoms with Gasteiger partial charge in [-0.15, -0.1) is 0 Å². The van der Waals surface area contributed by atoms with Crippen molar-refractivity contribution in [2.24, 2.45) is 5.92 Å². The number of benzene rings is 1. The van der Waals surface area contributed by atoms with Gasteiger partial charge in [-0.3, -0.25) is 4.79 Å². The van der Waals surface area contributed by atoms with E-state index in [1.165, 1.54) is 12.1 Å². The Hall–Kier alpha value is -1.49. The number of likely N-dealkylation sites (tertiary alicyclic amines) is 1. The van der Waals surface area contributed by atoms with Gasteiger partial charge in [0.2, 0.25) is 0 Å². The molecule has 98 valence electrons. The highest BCUT2D eigenvalue weighted by atomic mass is 19.1. The number of aliphatic carboxylic acids is 1. The van der Waals surface area contributed by atoms with Crippen molar-refractivity contribution in [2.45, 2.75) is 12.8 Å².